The number of methoxy groups -OCH3 is 1. The van der Waals surface area contributed by atoms with Crippen LogP contribution in [0, 0.1) is 6.92 Å². The lowest BCUT2D eigenvalue weighted by atomic mass is 10.2. The fourth-order valence-electron chi connectivity index (χ4n) is 2.21. The molecule has 0 saturated heterocycles. The molecule has 2 N–H and O–H groups in total. The standard InChI is InChI=1S/C20H22BrN3O4/c1-13-4-9-18(17(21)10-13)28-12-20(26)24-23-14(2)11-19(25)22-15-5-7-16(27-3)8-6-15/h4-10H,11-12H2,1-3H3,(H,22,25)(H,24,26). The minimum absolute atomic E-state index is 0.0523. The van der Waals surface area contributed by atoms with Gasteiger partial charge in [0.1, 0.15) is 11.5 Å². The number of carbonyl (C=O) groups is 2. The van der Waals surface area contributed by atoms with Crippen LogP contribution in [-0.2, 0) is 9.59 Å². The molecular formula is C20H22BrN3O4. The van der Waals surface area contributed by atoms with Crippen molar-refractivity contribution >= 4 is 39.1 Å². The van der Waals surface area contributed by atoms with Gasteiger partial charge in [0.15, 0.2) is 6.61 Å². The summed E-state index contributed by atoms with van der Waals surface area (Å²) >= 11 is 3.39. The number of rotatable bonds is 8. The average molecular weight is 448 g/mol. The molecule has 0 spiro atoms. The molecule has 0 heterocycles. The van der Waals surface area contributed by atoms with E-state index in [1.54, 1.807) is 44.4 Å². The predicted molar refractivity (Wildman–Crippen MR) is 112 cm³/mol. The van der Waals surface area contributed by atoms with Crippen molar-refractivity contribution in [3.63, 3.8) is 0 Å². The van der Waals surface area contributed by atoms with E-state index in [1.807, 2.05) is 19.1 Å². The van der Waals surface area contributed by atoms with E-state index in [0.717, 1.165) is 10.0 Å². The lowest BCUT2D eigenvalue weighted by Crippen LogP contribution is -2.26. The first-order chi connectivity index (χ1) is 13.4. The van der Waals surface area contributed by atoms with Crippen LogP contribution in [0.3, 0.4) is 0 Å². The fourth-order valence-corrected chi connectivity index (χ4v) is 2.82. The summed E-state index contributed by atoms with van der Waals surface area (Å²) < 4.78 is 11.3. The average Bonchev–Trinajstić information content (AvgIpc) is 2.66. The third-order valence-electron chi connectivity index (χ3n) is 3.61. The van der Waals surface area contributed by atoms with E-state index in [-0.39, 0.29) is 18.9 Å². The Balaban J connectivity index is 1.77. The molecule has 7 nitrogen and oxygen atoms in total. The Morgan fingerprint density at radius 3 is 2.46 bits per heavy atom. The summed E-state index contributed by atoms with van der Waals surface area (Å²) in [6.45, 7) is 3.44. The van der Waals surface area contributed by atoms with Gasteiger partial charge in [-0.1, -0.05) is 6.07 Å². The van der Waals surface area contributed by atoms with E-state index in [0.29, 0.717) is 22.9 Å². The third-order valence-corrected chi connectivity index (χ3v) is 4.23. The van der Waals surface area contributed by atoms with Gasteiger partial charge in [-0.05, 0) is 71.7 Å². The maximum atomic E-state index is 12.0. The van der Waals surface area contributed by atoms with E-state index < -0.39 is 5.91 Å². The van der Waals surface area contributed by atoms with Gasteiger partial charge in [-0.15, -0.1) is 0 Å². The van der Waals surface area contributed by atoms with Crippen LogP contribution >= 0.6 is 15.9 Å². The normalized spacial score (nSPS) is 10.9. The molecule has 8 heteroatoms. The molecular weight excluding hydrogens is 426 g/mol. The molecule has 0 saturated carbocycles. The lowest BCUT2D eigenvalue weighted by molar-refractivity contribution is -0.123. The molecule has 0 unspecified atom stereocenters. The first-order valence-corrected chi connectivity index (χ1v) is 9.31. The summed E-state index contributed by atoms with van der Waals surface area (Å²) in [4.78, 5) is 23.9. The summed E-state index contributed by atoms with van der Waals surface area (Å²) in [5.74, 6) is 0.626. The molecule has 148 valence electrons. The van der Waals surface area contributed by atoms with Crippen molar-refractivity contribution in [2.24, 2.45) is 5.10 Å². The first kappa shape index (κ1) is 21.4. The van der Waals surface area contributed by atoms with E-state index in [2.05, 4.69) is 31.8 Å². The van der Waals surface area contributed by atoms with Crippen LogP contribution in [0.4, 0.5) is 5.69 Å². The highest BCUT2D eigenvalue weighted by atomic mass is 79.9. The van der Waals surface area contributed by atoms with Crippen molar-refractivity contribution in [3.8, 4) is 11.5 Å². The second kappa shape index (κ2) is 10.5. The van der Waals surface area contributed by atoms with Gasteiger partial charge in [-0.3, -0.25) is 9.59 Å². The van der Waals surface area contributed by atoms with Crippen molar-refractivity contribution in [2.45, 2.75) is 20.3 Å². The number of amides is 2. The molecule has 0 radical (unpaired) electrons. The molecule has 0 aliphatic heterocycles. The smallest absolute Gasteiger partial charge is 0.277 e. The zero-order valence-corrected chi connectivity index (χ0v) is 17.5. The zero-order chi connectivity index (χ0) is 20.5. The van der Waals surface area contributed by atoms with Gasteiger partial charge in [-0.25, -0.2) is 5.43 Å². The molecule has 0 aliphatic carbocycles. The lowest BCUT2D eigenvalue weighted by Gasteiger charge is -2.08. The Hall–Kier alpha value is -2.87. The number of halogens is 1. The van der Waals surface area contributed by atoms with Crippen molar-refractivity contribution in [1.82, 2.24) is 5.43 Å². The molecule has 28 heavy (non-hydrogen) atoms. The quantitative estimate of drug-likeness (QED) is 0.477. The van der Waals surface area contributed by atoms with E-state index in [9.17, 15) is 9.59 Å². The van der Waals surface area contributed by atoms with Crippen LogP contribution in [0.5, 0.6) is 11.5 Å². The Kier molecular flexibility index (Phi) is 8.01. The van der Waals surface area contributed by atoms with E-state index in [4.69, 9.17) is 9.47 Å². The van der Waals surface area contributed by atoms with E-state index in [1.165, 1.54) is 0 Å². The summed E-state index contributed by atoms with van der Waals surface area (Å²) in [6.07, 6.45) is 0.0523. The van der Waals surface area contributed by atoms with Crippen LogP contribution in [0.15, 0.2) is 52.0 Å². The van der Waals surface area contributed by atoms with Gasteiger partial charge in [0.25, 0.3) is 5.91 Å². The van der Waals surface area contributed by atoms with Crippen molar-refractivity contribution < 1.29 is 19.1 Å². The Bertz CT molecular complexity index is 866. The van der Waals surface area contributed by atoms with Crippen LogP contribution in [-0.4, -0.2) is 31.2 Å². The summed E-state index contributed by atoms with van der Waals surface area (Å²) in [5.41, 5.74) is 4.58. The van der Waals surface area contributed by atoms with Crippen LogP contribution < -0.4 is 20.2 Å². The van der Waals surface area contributed by atoms with Crippen LogP contribution in [0.2, 0.25) is 0 Å². The minimum Gasteiger partial charge on any atom is -0.497 e. The van der Waals surface area contributed by atoms with Gasteiger partial charge < -0.3 is 14.8 Å². The number of hydrogen-bond donors (Lipinski definition) is 2. The minimum atomic E-state index is -0.414. The molecule has 2 rings (SSSR count). The van der Waals surface area contributed by atoms with Gasteiger partial charge in [0.2, 0.25) is 5.91 Å². The molecule has 0 fully saturated rings. The number of nitrogens with one attached hydrogen (secondary N) is 2. The number of anilines is 1. The molecule has 0 bridgehead atoms. The predicted octanol–water partition coefficient (Wildman–Crippen LogP) is 3.67. The highest BCUT2D eigenvalue weighted by Gasteiger charge is 2.08. The number of benzene rings is 2. The topological polar surface area (TPSA) is 89.0 Å². The number of ether oxygens (including phenoxy) is 2. The molecule has 2 aromatic rings. The SMILES string of the molecule is COc1ccc(NC(=O)CC(C)=NNC(=O)COc2ccc(C)cc2Br)cc1. The Labute approximate surface area is 172 Å². The fraction of sp³-hybridized carbons (Fsp3) is 0.250. The maximum Gasteiger partial charge on any atom is 0.277 e. The number of nitrogens with zero attached hydrogens (tertiary/aromatic N) is 1. The highest BCUT2D eigenvalue weighted by Crippen LogP contribution is 2.25. The van der Waals surface area contributed by atoms with Gasteiger partial charge in [-0.2, -0.15) is 5.10 Å². The number of aryl methyl sites for hydroxylation is 1. The molecule has 2 amide bonds. The van der Waals surface area contributed by atoms with Crippen molar-refractivity contribution in [1.29, 1.82) is 0 Å². The number of carbonyl (C=O) groups excluding carboxylic acids is 2. The highest BCUT2D eigenvalue weighted by molar-refractivity contribution is 9.10. The zero-order valence-electron chi connectivity index (χ0n) is 15.9. The monoisotopic (exact) mass is 447 g/mol. The maximum absolute atomic E-state index is 12.0. The number of hydrogen-bond acceptors (Lipinski definition) is 5. The Morgan fingerprint density at radius 2 is 1.82 bits per heavy atom. The van der Waals surface area contributed by atoms with Gasteiger partial charge in [0.05, 0.1) is 18.0 Å². The summed E-state index contributed by atoms with van der Waals surface area (Å²) in [5, 5.41) is 6.68. The second-order valence-corrected chi connectivity index (χ2v) is 6.91. The first-order valence-electron chi connectivity index (χ1n) is 8.52. The summed E-state index contributed by atoms with van der Waals surface area (Å²) in [7, 11) is 1.58. The third kappa shape index (κ3) is 7.03. The Morgan fingerprint density at radius 1 is 1.11 bits per heavy atom. The second-order valence-electron chi connectivity index (χ2n) is 6.06. The molecule has 0 aliphatic rings. The van der Waals surface area contributed by atoms with Crippen molar-refractivity contribution in [3.05, 3.63) is 52.5 Å². The van der Waals surface area contributed by atoms with E-state index >= 15 is 0 Å². The van der Waals surface area contributed by atoms with Crippen LogP contribution in [0.25, 0.3) is 0 Å². The summed E-state index contributed by atoms with van der Waals surface area (Å²) in [6, 6.07) is 12.6. The molecule has 0 atom stereocenters. The van der Waals surface area contributed by atoms with Gasteiger partial charge >= 0.3 is 0 Å². The number of hydrazone groups is 1. The molecule has 0 aromatic heterocycles. The largest absolute Gasteiger partial charge is 0.497 e. The molecule has 2 aromatic carbocycles. The van der Waals surface area contributed by atoms with Crippen molar-refractivity contribution in [2.75, 3.05) is 19.0 Å². The van der Waals surface area contributed by atoms with Crippen LogP contribution in [0.1, 0.15) is 18.9 Å². The van der Waals surface area contributed by atoms with Gasteiger partial charge in [0, 0.05) is 11.4 Å².